The predicted octanol–water partition coefficient (Wildman–Crippen LogP) is 3.25. The van der Waals surface area contributed by atoms with Gasteiger partial charge in [-0.15, -0.1) is 0 Å². The van der Waals surface area contributed by atoms with Crippen molar-refractivity contribution >= 4 is 23.2 Å². The van der Waals surface area contributed by atoms with Crippen LogP contribution < -0.4 is 16.2 Å². The summed E-state index contributed by atoms with van der Waals surface area (Å²) in [4.78, 5) is 35.6. The number of nitrogens with one attached hydrogen (secondary N) is 2. The van der Waals surface area contributed by atoms with E-state index in [4.69, 9.17) is 0 Å². The van der Waals surface area contributed by atoms with Crippen molar-refractivity contribution in [3.63, 3.8) is 0 Å². The molecule has 2 amide bonds. The average Bonchev–Trinajstić information content (AvgIpc) is 2.66. The van der Waals surface area contributed by atoms with E-state index in [0.717, 1.165) is 0 Å². The van der Waals surface area contributed by atoms with Gasteiger partial charge in [0.15, 0.2) is 0 Å². The second kappa shape index (κ2) is 8.30. The molecule has 0 saturated heterocycles. The molecular formula is C21H18FN3O3. The zero-order chi connectivity index (χ0) is 20.1. The van der Waals surface area contributed by atoms with Gasteiger partial charge in [0.1, 0.15) is 5.82 Å². The Bertz CT molecular complexity index is 1070. The zero-order valence-corrected chi connectivity index (χ0v) is 15.1. The van der Waals surface area contributed by atoms with Crippen molar-refractivity contribution < 1.29 is 14.0 Å². The van der Waals surface area contributed by atoms with Gasteiger partial charge in [-0.2, -0.15) is 0 Å². The zero-order valence-electron chi connectivity index (χ0n) is 15.1. The highest BCUT2D eigenvalue weighted by molar-refractivity contribution is 6.04. The SMILES string of the molecule is CC(=O)Nc1ccc(NC(=O)c2ccc(=O)n(Cc3ccccc3F)c2)cc1. The topological polar surface area (TPSA) is 80.2 Å². The van der Waals surface area contributed by atoms with Gasteiger partial charge in [0.2, 0.25) is 5.91 Å². The Kier molecular flexibility index (Phi) is 5.64. The van der Waals surface area contributed by atoms with Gasteiger partial charge in [0, 0.05) is 36.1 Å². The van der Waals surface area contributed by atoms with Crippen molar-refractivity contribution in [1.29, 1.82) is 0 Å². The fourth-order valence-corrected chi connectivity index (χ4v) is 2.64. The number of aromatic nitrogens is 1. The van der Waals surface area contributed by atoms with Gasteiger partial charge in [-0.1, -0.05) is 18.2 Å². The maximum atomic E-state index is 13.8. The van der Waals surface area contributed by atoms with Gasteiger partial charge >= 0.3 is 0 Å². The van der Waals surface area contributed by atoms with Crippen molar-refractivity contribution in [3.05, 3.63) is 94.2 Å². The summed E-state index contributed by atoms with van der Waals surface area (Å²) in [6.45, 7) is 1.43. The third kappa shape index (κ3) is 4.70. The number of amides is 2. The first-order valence-corrected chi connectivity index (χ1v) is 8.55. The normalized spacial score (nSPS) is 10.4. The summed E-state index contributed by atoms with van der Waals surface area (Å²) >= 11 is 0. The summed E-state index contributed by atoms with van der Waals surface area (Å²) in [5.41, 5.74) is 1.44. The molecule has 0 radical (unpaired) electrons. The summed E-state index contributed by atoms with van der Waals surface area (Å²) in [5.74, 6) is -1.01. The molecule has 0 atom stereocenters. The van der Waals surface area contributed by atoms with Gasteiger partial charge in [0.05, 0.1) is 12.1 Å². The van der Waals surface area contributed by atoms with Gasteiger partial charge in [-0.3, -0.25) is 14.4 Å². The Hall–Kier alpha value is -3.74. The molecule has 0 bridgehead atoms. The smallest absolute Gasteiger partial charge is 0.257 e. The Morgan fingerprint density at radius 1 is 0.929 bits per heavy atom. The van der Waals surface area contributed by atoms with Gasteiger partial charge in [-0.05, 0) is 36.4 Å². The van der Waals surface area contributed by atoms with Crippen molar-refractivity contribution in [3.8, 4) is 0 Å². The molecule has 1 heterocycles. The fourth-order valence-electron chi connectivity index (χ4n) is 2.64. The number of pyridine rings is 1. The molecule has 7 heteroatoms. The fraction of sp³-hybridized carbons (Fsp3) is 0.0952. The minimum atomic E-state index is -0.413. The highest BCUT2D eigenvalue weighted by Gasteiger charge is 2.10. The van der Waals surface area contributed by atoms with E-state index < -0.39 is 11.7 Å². The standard InChI is InChI=1S/C21H18FN3O3/c1-14(26)23-17-7-9-18(10-8-17)24-21(28)16-6-11-20(27)25(13-16)12-15-4-2-3-5-19(15)22/h2-11,13H,12H2,1H3,(H,23,26)(H,24,28). The number of anilines is 2. The van der Waals surface area contributed by atoms with Crippen LogP contribution in [0.15, 0.2) is 71.7 Å². The quantitative estimate of drug-likeness (QED) is 0.714. The number of carbonyl (C=O) groups is 2. The number of nitrogens with zero attached hydrogens (tertiary/aromatic N) is 1. The molecule has 3 aromatic rings. The van der Waals surface area contributed by atoms with E-state index in [0.29, 0.717) is 16.9 Å². The molecule has 142 valence electrons. The third-order valence-corrected chi connectivity index (χ3v) is 4.01. The van der Waals surface area contributed by atoms with Crippen LogP contribution in [0.3, 0.4) is 0 Å². The summed E-state index contributed by atoms with van der Waals surface area (Å²) in [6, 6.07) is 15.5. The molecule has 0 unspecified atom stereocenters. The van der Waals surface area contributed by atoms with Crippen molar-refractivity contribution in [2.45, 2.75) is 13.5 Å². The van der Waals surface area contributed by atoms with Crippen LogP contribution >= 0.6 is 0 Å². The van der Waals surface area contributed by atoms with Gasteiger partial charge in [-0.25, -0.2) is 4.39 Å². The monoisotopic (exact) mass is 379 g/mol. The van der Waals surface area contributed by atoms with Crippen LogP contribution in [0.25, 0.3) is 0 Å². The Balaban J connectivity index is 1.76. The molecule has 0 saturated carbocycles. The molecule has 2 N–H and O–H groups in total. The van der Waals surface area contributed by atoms with Crippen molar-refractivity contribution in [2.75, 3.05) is 10.6 Å². The van der Waals surface area contributed by atoms with Crippen molar-refractivity contribution in [1.82, 2.24) is 4.57 Å². The minimum absolute atomic E-state index is 0.0258. The van der Waals surface area contributed by atoms with E-state index in [9.17, 15) is 18.8 Å². The maximum Gasteiger partial charge on any atom is 0.257 e. The molecule has 6 nitrogen and oxygen atoms in total. The molecule has 0 fully saturated rings. The minimum Gasteiger partial charge on any atom is -0.326 e. The number of benzene rings is 2. The average molecular weight is 379 g/mol. The Morgan fingerprint density at radius 3 is 2.21 bits per heavy atom. The highest BCUT2D eigenvalue weighted by Crippen LogP contribution is 2.15. The highest BCUT2D eigenvalue weighted by atomic mass is 19.1. The summed E-state index contributed by atoms with van der Waals surface area (Å²) in [6.07, 6.45) is 1.40. The van der Waals surface area contributed by atoms with Gasteiger partial charge in [0.25, 0.3) is 11.5 Å². The van der Waals surface area contributed by atoms with E-state index in [-0.39, 0.29) is 23.6 Å². The largest absolute Gasteiger partial charge is 0.326 e. The molecule has 1 aromatic heterocycles. The van der Waals surface area contributed by atoms with E-state index in [1.165, 1.54) is 35.9 Å². The number of hydrogen-bond donors (Lipinski definition) is 2. The summed E-state index contributed by atoms with van der Waals surface area (Å²) in [5, 5.41) is 5.36. The number of carbonyl (C=O) groups excluding carboxylic acids is 2. The lowest BCUT2D eigenvalue weighted by atomic mass is 10.2. The molecule has 0 aliphatic carbocycles. The number of hydrogen-bond acceptors (Lipinski definition) is 3. The predicted molar refractivity (Wildman–Crippen MR) is 105 cm³/mol. The van der Waals surface area contributed by atoms with Crippen LogP contribution in [-0.4, -0.2) is 16.4 Å². The molecule has 0 aliphatic rings. The van der Waals surface area contributed by atoms with Crippen LogP contribution in [-0.2, 0) is 11.3 Å². The lowest BCUT2D eigenvalue weighted by molar-refractivity contribution is -0.114. The van der Waals surface area contributed by atoms with Crippen LogP contribution in [0.2, 0.25) is 0 Å². The summed E-state index contributed by atoms with van der Waals surface area (Å²) in [7, 11) is 0. The lowest BCUT2D eigenvalue weighted by Gasteiger charge is -2.10. The second-order valence-corrected chi connectivity index (χ2v) is 6.19. The van der Waals surface area contributed by atoms with E-state index >= 15 is 0 Å². The third-order valence-electron chi connectivity index (χ3n) is 4.01. The first kappa shape index (κ1) is 19.0. The summed E-state index contributed by atoms with van der Waals surface area (Å²) < 4.78 is 15.1. The Labute approximate surface area is 160 Å². The van der Waals surface area contributed by atoms with Crippen molar-refractivity contribution in [2.24, 2.45) is 0 Å². The maximum absolute atomic E-state index is 13.8. The van der Waals surface area contributed by atoms with E-state index in [1.54, 1.807) is 42.5 Å². The molecular weight excluding hydrogens is 361 g/mol. The first-order chi connectivity index (χ1) is 13.4. The van der Waals surface area contributed by atoms with Crippen LogP contribution in [0, 0.1) is 5.82 Å². The Morgan fingerprint density at radius 2 is 1.57 bits per heavy atom. The molecule has 28 heavy (non-hydrogen) atoms. The second-order valence-electron chi connectivity index (χ2n) is 6.19. The number of rotatable bonds is 5. The van der Waals surface area contributed by atoms with Gasteiger partial charge < -0.3 is 15.2 Å². The first-order valence-electron chi connectivity index (χ1n) is 8.55. The van der Waals surface area contributed by atoms with Crippen LogP contribution in [0.5, 0.6) is 0 Å². The van der Waals surface area contributed by atoms with E-state index in [1.807, 2.05) is 0 Å². The molecule has 0 aliphatic heterocycles. The van der Waals surface area contributed by atoms with E-state index in [2.05, 4.69) is 10.6 Å². The molecule has 0 spiro atoms. The van der Waals surface area contributed by atoms with Crippen LogP contribution in [0.4, 0.5) is 15.8 Å². The lowest BCUT2D eigenvalue weighted by Crippen LogP contribution is -2.23. The number of halogens is 1. The molecule has 2 aromatic carbocycles. The molecule has 3 rings (SSSR count). The van der Waals surface area contributed by atoms with Crippen LogP contribution in [0.1, 0.15) is 22.8 Å².